The third kappa shape index (κ3) is 6.08. The van der Waals surface area contributed by atoms with Gasteiger partial charge in [0.25, 0.3) is 0 Å². The lowest BCUT2D eigenvalue weighted by Gasteiger charge is -2.31. The van der Waals surface area contributed by atoms with Gasteiger partial charge >= 0.3 is 0 Å². The van der Waals surface area contributed by atoms with Crippen molar-refractivity contribution in [2.24, 2.45) is 11.8 Å². The third-order valence-electron chi connectivity index (χ3n) is 7.23. The maximum Gasteiger partial charge on any atom is 0.119 e. The fourth-order valence-electron chi connectivity index (χ4n) is 5.75. The minimum absolute atomic E-state index is 0.877. The zero-order valence-corrected chi connectivity index (χ0v) is 16.1. The van der Waals surface area contributed by atoms with Gasteiger partial charge in [0.15, 0.2) is 0 Å². The molecule has 2 atom stereocenters. The van der Waals surface area contributed by atoms with E-state index in [9.17, 15) is 0 Å². The van der Waals surface area contributed by atoms with E-state index in [0.717, 1.165) is 23.5 Å². The maximum atomic E-state index is 3.77. The van der Waals surface area contributed by atoms with E-state index in [1.807, 2.05) is 0 Å². The fourth-order valence-corrected chi connectivity index (χ4v) is 5.75. The molecular weight excluding hydrogens is 289 g/mol. The smallest absolute Gasteiger partial charge is 0.119 e. The maximum absolute atomic E-state index is 3.77. The molecule has 1 nitrogen and oxygen atoms in total. The predicted molar refractivity (Wildman–Crippen MR) is 107 cm³/mol. The van der Waals surface area contributed by atoms with Crippen molar-refractivity contribution in [1.29, 1.82) is 0 Å². The van der Waals surface area contributed by atoms with E-state index >= 15 is 0 Å². The van der Waals surface area contributed by atoms with Crippen molar-refractivity contribution < 1.29 is 0 Å². The van der Waals surface area contributed by atoms with Gasteiger partial charge in [-0.25, -0.2) is 0 Å². The minimum Gasteiger partial charge on any atom is -0.317 e. The summed E-state index contributed by atoms with van der Waals surface area (Å²) < 4.78 is 0. The summed E-state index contributed by atoms with van der Waals surface area (Å²) in [6, 6.07) is 0. The van der Waals surface area contributed by atoms with E-state index in [4.69, 9.17) is 0 Å². The Bertz CT molecular complexity index is 314. The Balaban J connectivity index is 1.52. The first-order valence-corrected chi connectivity index (χ1v) is 11.5. The molecule has 2 unspecified atom stereocenters. The second kappa shape index (κ2) is 10.9. The van der Waals surface area contributed by atoms with Gasteiger partial charge in [0, 0.05) is 0 Å². The van der Waals surface area contributed by atoms with E-state index in [2.05, 4.69) is 12.6 Å². The topological polar surface area (TPSA) is 12.0 Å². The molecule has 0 bridgehead atoms. The van der Waals surface area contributed by atoms with E-state index in [1.165, 1.54) is 116 Å². The Morgan fingerprint density at radius 2 is 1.04 bits per heavy atom. The van der Waals surface area contributed by atoms with Crippen molar-refractivity contribution in [3.8, 4) is 0 Å². The average molecular weight is 330 g/mol. The number of nitrogens with one attached hydrogen (secondary N) is 1. The van der Waals surface area contributed by atoms with Gasteiger partial charge in [-0.05, 0) is 24.9 Å². The lowest BCUT2D eigenvalue weighted by molar-refractivity contribution is 0.286. The molecule has 0 aromatic heterocycles. The highest BCUT2D eigenvalue weighted by Crippen LogP contribution is 2.39. The van der Waals surface area contributed by atoms with Crippen LogP contribution in [0.2, 0.25) is 11.6 Å². The molecule has 1 heterocycles. The highest BCUT2D eigenvalue weighted by molar-refractivity contribution is 6.40. The predicted octanol–water partition coefficient (Wildman–Crippen LogP) is 6.37. The number of rotatable bonds is 3. The molecule has 0 spiro atoms. The van der Waals surface area contributed by atoms with Gasteiger partial charge in [-0.3, -0.25) is 0 Å². The largest absolute Gasteiger partial charge is 0.317 e. The molecule has 24 heavy (non-hydrogen) atoms. The van der Waals surface area contributed by atoms with E-state index in [-0.39, 0.29) is 0 Å². The fraction of sp³-hybridized carbons (Fsp3) is 1.00. The van der Waals surface area contributed by atoms with Crippen LogP contribution in [0.5, 0.6) is 0 Å². The van der Waals surface area contributed by atoms with Crippen molar-refractivity contribution in [2.75, 3.05) is 13.1 Å². The van der Waals surface area contributed by atoms with E-state index < -0.39 is 0 Å². The Morgan fingerprint density at radius 3 is 1.62 bits per heavy atom. The van der Waals surface area contributed by atoms with Crippen LogP contribution in [-0.4, -0.2) is 20.4 Å². The second-order valence-corrected chi connectivity index (χ2v) is 9.10. The van der Waals surface area contributed by atoms with Crippen LogP contribution in [0.1, 0.15) is 103 Å². The molecule has 2 saturated carbocycles. The van der Waals surface area contributed by atoms with Gasteiger partial charge in [-0.1, -0.05) is 114 Å². The lowest BCUT2D eigenvalue weighted by Crippen LogP contribution is -2.25. The van der Waals surface area contributed by atoms with Crippen LogP contribution in [0.3, 0.4) is 0 Å². The summed E-state index contributed by atoms with van der Waals surface area (Å²) in [5.41, 5.74) is 0. The van der Waals surface area contributed by atoms with Crippen LogP contribution in [0, 0.1) is 11.8 Å². The molecule has 0 aromatic carbocycles. The zero-order chi connectivity index (χ0) is 16.5. The molecule has 137 valence electrons. The summed E-state index contributed by atoms with van der Waals surface area (Å²) >= 11 is 0. The van der Waals surface area contributed by atoms with Crippen LogP contribution in [-0.2, 0) is 0 Å². The molecule has 3 rings (SSSR count). The molecule has 2 heteroatoms. The number of hydrogen-bond acceptors (Lipinski definition) is 1. The first-order chi connectivity index (χ1) is 11.9. The van der Waals surface area contributed by atoms with Crippen molar-refractivity contribution in [3.63, 3.8) is 0 Å². The highest BCUT2D eigenvalue weighted by Gasteiger charge is 2.34. The minimum atomic E-state index is 0.877. The van der Waals surface area contributed by atoms with Gasteiger partial charge in [0.05, 0.1) is 0 Å². The molecule has 3 aliphatic rings. The standard InChI is InChI=1S/C22H41BN/c1-2-5-9-13-19(14-10-6-3-1)21-17-24-18-22(21)23-20-15-11-7-4-8-12-16-20/h19-22,24H,1-18H2. The SMILES string of the molecule is [B](C1CCCCCCC1)C1CNCC1C1CCCCCCCCC1. The molecule has 0 amide bonds. The summed E-state index contributed by atoms with van der Waals surface area (Å²) in [6.45, 7) is 2.58. The Kier molecular flexibility index (Phi) is 8.53. The zero-order valence-electron chi connectivity index (χ0n) is 16.1. The average Bonchev–Trinajstić information content (AvgIpc) is 3.03. The molecule has 3 fully saturated rings. The second-order valence-electron chi connectivity index (χ2n) is 9.10. The molecular formula is C22H41BN. The number of hydrogen-bond donors (Lipinski definition) is 1. The van der Waals surface area contributed by atoms with Gasteiger partial charge in [-0.15, -0.1) is 0 Å². The van der Waals surface area contributed by atoms with E-state index in [1.54, 1.807) is 0 Å². The van der Waals surface area contributed by atoms with Crippen molar-refractivity contribution in [2.45, 2.75) is 114 Å². The third-order valence-corrected chi connectivity index (χ3v) is 7.23. The van der Waals surface area contributed by atoms with Crippen LogP contribution < -0.4 is 5.32 Å². The van der Waals surface area contributed by atoms with E-state index in [0.29, 0.717) is 0 Å². The molecule has 1 aliphatic heterocycles. The quantitative estimate of drug-likeness (QED) is 0.593. The molecule has 1 saturated heterocycles. The Labute approximate surface area is 152 Å². The van der Waals surface area contributed by atoms with Crippen molar-refractivity contribution >= 4 is 7.28 Å². The van der Waals surface area contributed by atoms with Gasteiger partial charge < -0.3 is 5.32 Å². The van der Waals surface area contributed by atoms with Crippen LogP contribution >= 0.6 is 0 Å². The summed E-state index contributed by atoms with van der Waals surface area (Å²) in [6.07, 6.45) is 23.9. The van der Waals surface area contributed by atoms with Gasteiger partial charge in [0.2, 0.25) is 0 Å². The van der Waals surface area contributed by atoms with Gasteiger partial charge in [-0.2, -0.15) is 0 Å². The molecule has 2 aliphatic carbocycles. The summed E-state index contributed by atoms with van der Waals surface area (Å²) in [4.78, 5) is 0. The monoisotopic (exact) mass is 330 g/mol. The molecule has 0 aromatic rings. The first kappa shape index (κ1) is 18.8. The first-order valence-electron chi connectivity index (χ1n) is 11.5. The Morgan fingerprint density at radius 1 is 0.542 bits per heavy atom. The summed E-state index contributed by atoms with van der Waals surface area (Å²) in [7, 11) is 2.84. The Hall–Kier alpha value is 0.0249. The van der Waals surface area contributed by atoms with Crippen LogP contribution in [0.4, 0.5) is 0 Å². The summed E-state index contributed by atoms with van der Waals surface area (Å²) in [5.74, 6) is 3.77. The molecule has 1 radical (unpaired) electrons. The van der Waals surface area contributed by atoms with Crippen LogP contribution in [0.25, 0.3) is 0 Å². The summed E-state index contributed by atoms with van der Waals surface area (Å²) in [5, 5.41) is 3.77. The molecule has 1 N–H and O–H groups in total. The van der Waals surface area contributed by atoms with Crippen molar-refractivity contribution in [1.82, 2.24) is 5.32 Å². The lowest BCUT2D eigenvalue weighted by atomic mass is 9.48. The van der Waals surface area contributed by atoms with Crippen molar-refractivity contribution in [3.05, 3.63) is 0 Å². The van der Waals surface area contributed by atoms with Gasteiger partial charge in [0.1, 0.15) is 7.28 Å². The normalized spacial score (nSPS) is 32.8. The van der Waals surface area contributed by atoms with Crippen LogP contribution in [0.15, 0.2) is 0 Å². The highest BCUT2D eigenvalue weighted by atomic mass is 14.9.